The summed E-state index contributed by atoms with van der Waals surface area (Å²) in [6, 6.07) is 9.57. The van der Waals surface area contributed by atoms with E-state index >= 15 is 0 Å². The lowest BCUT2D eigenvalue weighted by atomic mass is 9.71. The van der Waals surface area contributed by atoms with Crippen molar-refractivity contribution in [3.8, 4) is 0 Å². The lowest BCUT2D eigenvalue weighted by Crippen LogP contribution is -2.33. The summed E-state index contributed by atoms with van der Waals surface area (Å²) < 4.78 is 0. The summed E-state index contributed by atoms with van der Waals surface area (Å²) in [5.41, 5.74) is 3.42. The van der Waals surface area contributed by atoms with Gasteiger partial charge in [-0.3, -0.25) is 0 Å². The molecule has 1 aromatic carbocycles. The van der Waals surface area contributed by atoms with Gasteiger partial charge in [-0.25, -0.2) is 0 Å². The number of hydrogen-bond donors (Lipinski definition) is 1. The normalized spacial score (nSPS) is 21.6. The molecule has 100 valence electrons. The predicted octanol–water partition coefficient (Wildman–Crippen LogP) is 4.58. The first-order valence-corrected chi connectivity index (χ1v) is 7.48. The number of benzene rings is 1. The van der Waals surface area contributed by atoms with E-state index in [0.29, 0.717) is 11.5 Å². The smallest absolute Gasteiger partial charge is 0.0323 e. The second kappa shape index (κ2) is 5.88. The molecule has 1 aliphatic rings. The molecule has 0 radical (unpaired) electrons. The molecule has 0 saturated heterocycles. The second-order valence-corrected chi connectivity index (χ2v) is 6.22. The predicted molar refractivity (Wildman–Crippen MR) is 79.0 cm³/mol. The SMILES string of the molecule is CCCCCNC1CCC(C)(C)c2ccccc21. The quantitative estimate of drug-likeness (QED) is 0.749. The van der Waals surface area contributed by atoms with Crippen LogP contribution in [-0.4, -0.2) is 6.54 Å². The van der Waals surface area contributed by atoms with Gasteiger partial charge in [0, 0.05) is 6.04 Å². The van der Waals surface area contributed by atoms with E-state index in [1.165, 1.54) is 37.7 Å². The molecular formula is C17H27N. The number of nitrogens with one attached hydrogen (secondary N) is 1. The van der Waals surface area contributed by atoms with Gasteiger partial charge in [-0.05, 0) is 42.3 Å². The molecule has 0 fully saturated rings. The van der Waals surface area contributed by atoms with Crippen molar-refractivity contribution in [2.75, 3.05) is 6.54 Å². The first-order chi connectivity index (χ1) is 8.65. The summed E-state index contributed by atoms with van der Waals surface area (Å²) in [6.07, 6.45) is 6.51. The zero-order chi connectivity index (χ0) is 13.0. The summed E-state index contributed by atoms with van der Waals surface area (Å²) in [5, 5.41) is 3.75. The highest BCUT2D eigenvalue weighted by Gasteiger charge is 2.31. The molecule has 2 rings (SSSR count). The van der Waals surface area contributed by atoms with Crippen molar-refractivity contribution in [1.29, 1.82) is 0 Å². The molecule has 0 amide bonds. The highest BCUT2D eigenvalue weighted by molar-refractivity contribution is 5.38. The third-order valence-corrected chi connectivity index (χ3v) is 4.29. The Bertz CT molecular complexity index is 381. The summed E-state index contributed by atoms with van der Waals surface area (Å²) >= 11 is 0. The second-order valence-electron chi connectivity index (χ2n) is 6.22. The van der Waals surface area contributed by atoms with E-state index in [4.69, 9.17) is 0 Å². The summed E-state index contributed by atoms with van der Waals surface area (Å²) in [7, 11) is 0. The summed E-state index contributed by atoms with van der Waals surface area (Å²) in [6.45, 7) is 8.17. The van der Waals surface area contributed by atoms with Crippen LogP contribution in [0.4, 0.5) is 0 Å². The minimum absolute atomic E-state index is 0.345. The van der Waals surface area contributed by atoms with Crippen molar-refractivity contribution in [3.63, 3.8) is 0 Å². The zero-order valence-electron chi connectivity index (χ0n) is 12.1. The molecule has 0 aromatic heterocycles. The van der Waals surface area contributed by atoms with Crippen LogP contribution in [0.2, 0.25) is 0 Å². The Kier molecular flexibility index (Phi) is 4.45. The fourth-order valence-electron chi connectivity index (χ4n) is 3.08. The van der Waals surface area contributed by atoms with Crippen molar-refractivity contribution in [2.24, 2.45) is 0 Å². The molecule has 0 spiro atoms. The van der Waals surface area contributed by atoms with E-state index in [9.17, 15) is 0 Å². The monoisotopic (exact) mass is 245 g/mol. The van der Waals surface area contributed by atoms with Crippen LogP contribution in [0.5, 0.6) is 0 Å². The molecule has 1 nitrogen and oxygen atoms in total. The van der Waals surface area contributed by atoms with E-state index in [1.807, 2.05) is 0 Å². The number of rotatable bonds is 5. The van der Waals surface area contributed by atoms with Crippen molar-refractivity contribution < 1.29 is 0 Å². The molecule has 1 aliphatic carbocycles. The lowest BCUT2D eigenvalue weighted by molar-refractivity contribution is 0.356. The van der Waals surface area contributed by atoms with Gasteiger partial charge in [0.15, 0.2) is 0 Å². The zero-order valence-corrected chi connectivity index (χ0v) is 12.1. The maximum atomic E-state index is 3.75. The number of hydrogen-bond acceptors (Lipinski definition) is 1. The van der Waals surface area contributed by atoms with Gasteiger partial charge in [0.05, 0.1) is 0 Å². The van der Waals surface area contributed by atoms with Crippen molar-refractivity contribution in [2.45, 2.75) is 64.3 Å². The van der Waals surface area contributed by atoms with Gasteiger partial charge >= 0.3 is 0 Å². The molecule has 0 aliphatic heterocycles. The van der Waals surface area contributed by atoms with E-state index in [-0.39, 0.29) is 0 Å². The summed E-state index contributed by atoms with van der Waals surface area (Å²) in [4.78, 5) is 0. The molecule has 1 N–H and O–H groups in total. The molecule has 1 aromatic rings. The van der Waals surface area contributed by atoms with Crippen molar-refractivity contribution in [1.82, 2.24) is 5.32 Å². The molecule has 0 heterocycles. The Morgan fingerprint density at radius 3 is 2.78 bits per heavy atom. The Balaban J connectivity index is 2.06. The topological polar surface area (TPSA) is 12.0 Å². The molecule has 0 bridgehead atoms. The maximum Gasteiger partial charge on any atom is 0.0323 e. The van der Waals surface area contributed by atoms with E-state index in [0.717, 1.165) is 6.54 Å². The van der Waals surface area contributed by atoms with Gasteiger partial charge in [-0.1, -0.05) is 57.9 Å². The Morgan fingerprint density at radius 2 is 2.00 bits per heavy atom. The average molecular weight is 245 g/mol. The summed E-state index contributed by atoms with van der Waals surface area (Å²) in [5.74, 6) is 0. The third-order valence-electron chi connectivity index (χ3n) is 4.29. The fraction of sp³-hybridized carbons (Fsp3) is 0.647. The minimum Gasteiger partial charge on any atom is -0.310 e. The highest BCUT2D eigenvalue weighted by Crippen LogP contribution is 2.41. The van der Waals surface area contributed by atoms with Crippen LogP contribution in [0.15, 0.2) is 24.3 Å². The van der Waals surface area contributed by atoms with Crippen LogP contribution in [0.25, 0.3) is 0 Å². The fourth-order valence-corrected chi connectivity index (χ4v) is 3.08. The van der Waals surface area contributed by atoms with Gasteiger partial charge in [-0.15, -0.1) is 0 Å². The van der Waals surface area contributed by atoms with E-state index < -0.39 is 0 Å². The standard InChI is InChI=1S/C17H27N/c1-4-5-8-13-18-16-11-12-17(2,3)15-10-7-6-9-14(15)16/h6-7,9-10,16,18H,4-5,8,11-13H2,1-3H3. The minimum atomic E-state index is 0.345. The maximum absolute atomic E-state index is 3.75. The highest BCUT2D eigenvalue weighted by atomic mass is 14.9. The van der Waals surface area contributed by atoms with Crippen LogP contribution in [0.3, 0.4) is 0 Å². The van der Waals surface area contributed by atoms with E-state index in [1.54, 1.807) is 5.56 Å². The number of unbranched alkanes of at least 4 members (excludes halogenated alkanes) is 2. The van der Waals surface area contributed by atoms with Crippen LogP contribution >= 0.6 is 0 Å². The molecular weight excluding hydrogens is 218 g/mol. The Labute approximate surface area is 112 Å². The van der Waals surface area contributed by atoms with Gasteiger partial charge in [0.1, 0.15) is 0 Å². The van der Waals surface area contributed by atoms with Crippen LogP contribution in [0, 0.1) is 0 Å². The molecule has 0 saturated carbocycles. The van der Waals surface area contributed by atoms with Crippen LogP contribution in [-0.2, 0) is 5.41 Å². The first kappa shape index (κ1) is 13.6. The number of fused-ring (bicyclic) bond motifs is 1. The van der Waals surface area contributed by atoms with Crippen molar-refractivity contribution in [3.05, 3.63) is 35.4 Å². The molecule has 1 atom stereocenters. The molecule has 1 unspecified atom stereocenters. The molecule has 1 heteroatoms. The van der Waals surface area contributed by atoms with E-state index in [2.05, 4.69) is 50.4 Å². The van der Waals surface area contributed by atoms with Crippen LogP contribution < -0.4 is 5.32 Å². The largest absolute Gasteiger partial charge is 0.310 e. The third kappa shape index (κ3) is 2.95. The van der Waals surface area contributed by atoms with Gasteiger partial charge in [0.25, 0.3) is 0 Å². The van der Waals surface area contributed by atoms with Gasteiger partial charge < -0.3 is 5.32 Å². The van der Waals surface area contributed by atoms with Gasteiger partial charge in [0.2, 0.25) is 0 Å². The molecule has 18 heavy (non-hydrogen) atoms. The Hall–Kier alpha value is -0.820. The lowest BCUT2D eigenvalue weighted by Gasteiger charge is -2.37. The first-order valence-electron chi connectivity index (χ1n) is 7.48. The van der Waals surface area contributed by atoms with Crippen molar-refractivity contribution >= 4 is 0 Å². The average Bonchev–Trinajstić information content (AvgIpc) is 2.37. The van der Waals surface area contributed by atoms with Crippen LogP contribution in [0.1, 0.15) is 70.0 Å². The Morgan fingerprint density at radius 1 is 1.22 bits per heavy atom. The van der Waals surface area contributed by atoms with Gasteiger partial charge in [-0.2, -0.15) is 0 Å².